The van der Waals surface area contributed by atoms with Gasteiger partial charge in [0.05, 0.1) is 18.1 Å². The third-order valence-corrected chi connectivity index (χ3v) is 4.18. The number of benzene rings is 1. The first-order valence-corrected chi connectivity index (χ1v) is 9.08. The fourth-order valence-electron chi connectivity index (χ4n) is 2.28. The van der Waals surface area contributed by atoms with Gasteiger partial charge in [-0.15, -0.1) is 11.3 Å². The summed E-state index contributed by atoms with van der Waals surface area (Å²) in [5.74, 6) is 6.09. The lowest BCUT2D eigenvalue weighted by Crippen LogP contribution is -2.29. The van der Waals surface area contributed by atoms with E-state index in [0.717, 1.165) is 10.4 Å². The smallest absolute Gasteiger partial charge is 0.333 e. The Hall–Kier alpha value is -2.49. The van der Waals surface area contributed by atoms with Crippen LogP contribution in [-0.2, 0) is 16.0 Å². The van der Waals surface area contributed by atoms with Crippen LogP contribution in [0.25, 0.3) is 0 Å². The summed E-state index contributed by atoms with van der Waals surface area (Å²) in [6.45, 7) is 3.83. The molecule has 0 fully saturated rings. The second-order valence-corrected chi connectivity index (χ2v) is 6.72. The molecule has 2 aromatic rings. The number of thiophene rings is 1. The lowest BCUT2D eigenvalue weighted by Gasteiger charge is -2.17. The van der Waals surface area contributed by atoms with Gasteiger partial charge in [-0.25, -0.2) is 4.79 Å². The van der Waals surface area contributed by atoms with Crippen molar-refractivity contribution < 1.29 is 24.1 Å². The molecule has 0 saturated carbocycles. The summed E-state index contributed by atoms with van der Waals surface area (Å²) in [5, 5.41) is 11.3. The first-order chi connectivity index (χ1) is 12.5. The minimum Gasteiger partial charge on any atom is -0.493 e. The van der Waals surface area contributed by atoms with Crippen molar-refractivity contribution in [3.63, 3.8) is 0 Å². The van der Waals surface area contributed by atoms with Crippen molar-refractivity contribution in [1.82, 2.24) is 0 Å². The quantitative estimate of drug-likeness (QED) is 0.715. The second-order valence-electron chi connectivity index (χ2n) is 5.77. The van der Waals surface area contributed by atoms with Crippen LogP contribution in [0.4, 0.5) is 0 Å². The SMILES string of the molecule is COc1ccc(CC(OC(C)C)C(=O)O)cc1OCC#Cc1cccs1. The molecule has 0 amide bonds. The number of carboxylic acids is 1. The highest BCUT2D eigenvalue weighted by molar-refractivity contribution is 7.10. The van der Waals surface area contributed by atoms with Gasteiger partial charge in [-0.1, -0.05) is 24.0 Å². The Labute approximate surface area is 157 Å². The fraction of sp³-hybridized carbons (Fsp3) is 0.350. The predicted octanol–water partition coefficient (Wildman–Crippen LogP) is 3.61. The normalized spacial score (nSPS) is 11.5. The Morgan fingerprint density at radius 3 is 2.69 bits per heavy atom. The molecule has 138 valence electrons. The van der Waals surface area contributed by atoms with Crippen molar-refractivity contribution in [1.29, 1.82) is 0 Å². The average molecular weight is 374 g/mol. The van der Waals surface area contributed by atoms with Gasteiger partial charge in [0.1, 0.15) is 6.61 Å². The van der Waals surface area contributed by atoms with Crippen LogP contribution in [0.3, 0.4) is 0 Å². The van der Waals surface area contributed by atoms with E-state index in [1.807, 2.05) is 37.4 Å². The monoisotopic (exact) mass is 374 g/mol. The maximum Gasteiger partial charge on any atom is 0.333 e. The molecule has 1 atom stereocenters. The summed E-state index contributed by atoms with van der Waals surface area (Å²) in [6.07, 6.45) is -0.832. The highest BCUT2D eigenvalue weighted by Gasteiger charge is 2.21. The summed E-state index contributed by atoms with van der Waals surface area (Å²) >= 11 is 1.57. The third-order valence-electron chi connectivity index (χ3n) is 3.39. The molecule has 1 aromatic heterocycles. The van der Waals surface area contributed by atoms with Crippen molar-refractivity contribution in [2.24, 2.45) is 0 Å². The highest BCUT2D eigenvalue weighted by atomic mass is 32.1. The minimum atomic E-state index is -0.987. The molecule has 0 aliphatic rings. The molecule has 2 rings (SSSR count). The van der Waals surface area contributed by atoms with Crippen molar-refractivity contribution in [2.45, 2.75) is 32.5 Å². The number of ether oxygens (including phenoxy) is 3. The number of methoxy groups -OCH3 is 1. The van der Waals surface area contributed by atoms with Crippen molar-refractivity contribution in [3.8, 4) is 23.3 Å². The molecule has 0 aliphatic carbocycles. The molecular weight excluding hydrogens is 352 g/mol. The Kier molecular flexibility index (Phi) is 7.52. The molecule has 0 spiro atoms. The van der Waals surface area contributed by atoms with Crippen LogP contribution in [0.15, 0.2) is 35.7 Å². The molecule has 0 saturated heterocycles. The van der Waals surface area contributed by atoms with Crippen LogP contribution in [0, 0.1) is 11.8 Å². The van der Waals surface area contributed by atoms with Gasteiger partial charge in [-0.3, -0.25) is 0 Å². The van der Waals surface area contributed by atoms with Gasteiger partial charge < -0.3 is 19.3 Å². The number of aliphatic carboxylic acids is 1. The molecule has 1 heterocycles. The molecule has 6 heteroatoms. The summed E-state index contributed by atoms with van der Waals surface area (Å²) in [5.41, 5.74) is 0.792. The highest BCUT2D eigenvalue weighted by Crippen LogP contribution is 2.28. The van der Waals surface area contributed by atoms with Gasteiger partial charge in [-0.2, -0.15) is 0 Å². The van der Waals surface area contributed by atoms with E-state index in [9.17, 15) is 9.90 Å². The van der Waals surface area contributed by atoms with E-state index < -0.39 is 12.1 Å². The van der Waals surface area contributed by atoms with Crippen LogP contribution in [-0.4, -0.2) is 37.0 Å². The zero-order valence-corrected chi connectivity index (χ0v) is 15.8. The Morgan fingerprint density at radius 1 is 1.27 bits per heavy atom. The third kappa shape index (κ3) is 6.10. The van der Waals surface area contributed by atoms with Crippen molar-refractivity contribution in [2.75, 3.05) is 13.7 Å². The van der Waals surface area contributed by atoms with E-state index >= 15 is 0 Å². The Morgan fingerprint density at radius 2 is 2.08 bits per heavy atom. The Balaban J connectivity index is 2.07. The first kappa shape index (κ1) is 19.8. The molecule has 1 aromatic carbocycles. The van der Waals surface area contributed by atoms with Gasteiger partial charge in [0.15, 0.2) is 17.6 Å². The van der Waals surface area contributed by atoms with E-state index in [1.165, 1.54) is 0 Å². The molecule has 0 radical (unpaired) electrons. The van der Waals surface area contributed by atoms with Crippen LogP contribution in [0.5, 0.6) is 11.5 Å². The number of carbonyl (C=O) groups is 1. The Bertz CT molecular complexity index is 771. The summed E-state index contributed by atoms with van der Waals surface area (Å²) in [4.78, 5) is 12.3. The molecule has 26 heavy (non-hydrogen) atoms. The van der Waals surface area contributed by atoms with Crippen molar-refractivity contribution in [3.05, 3.63) is 46.2 Å². The lowest BCUT2D eigenvalue weighted by atomic mass is 10.1. The van der Waals surface area contributed by atoms with Gasteiger partial charge in [0.25, 0.3) is 0 Å². The predicted molar refractivity (Wildman–Crippen MR) is 101 cm³/mol. The van der Waals surface area contributed by atoms with Gasteiger partial charge in [0.2, 0.25) is 0 Å². The summed E-state index contributed by atoms with van der Waals surface area (Å²) in [6, 6.07) is 9.22. The zero-order valence-electron chi connectivity index (χ0n) is 15.0. The average Bonchev–Trinajstić information content (AvgIpc) is 3.11. The summed E-state index contributed by atoms with van der Waals surface area (Å²) in [7, 11) is 1.56. The van der Waals surface area contributed by atoms with Crippen molar-refractivity contribution >= 4 is 17.3 Å². The maximum atomic E-state index is 11.4. The number of rotatable bonds is 8. The van der Waals surface area contributed by atoms with E-state index in [2.05, 4.69) is 11.8 Å². The van der Waals surface area contributed by atoms with Crippen LogP contribution >= 0.6 is 11.3 Å². The maximum absolute atomic E-state index is 11.4. The van der Waals surface area contributed by atoms with Crippen LogP contribution in [0.2, 0.25) is 0 Å². The molecule has 0 bridgehead atoms. The first-order valence-electron chi connectivity index (χ1n) is 8.20. The van der Waals surface area contributed by atoms with E-state index in [-0.39, 0.29) is 19.1 Å². The van der Waals surface area contributed by atoms with Crippen LogP contribution < -0.4 is 9.47 Å². The van der Waals surface area contributed by atoms with E-state index in [4.69, 9.17) is 14.2 Å². The van der Waals surface area contributed by atoms with Gasteiger partial charge >= 0.3 is 5.97 Å². The molecule has 1 N–H and O–H groups in total. The standard InChI is InChI=1S/C20H22O5S/c1-14(2)25-19(20(21)22)13-15-8-9-17(23-3)18(12-15)24-10-4-6-16-7-5-11-26-16/h5,7-9,11-12,14,19H,10,13H2,1-3H3,(H,21,22). The van der Waals surface area contributed by atoms with Gasteiger partial charge in [0, 0.05) is 6.42 Å². The fourth-order valence-corrected chi connectivity index (χ4v) is 2.88. The second kappa shape index (κ2) is 9.85. The number of carboxylic acid groups (broad SMARTS) is 1. The van der Waals surface area contributed by atoms with E-state index in [0.29, 0.717) is 11.5 Å². The van der Waals surface area contributed by atoms with Gasteiger partial charge in [-0.05, 0) is 43.0 Å². The lowest BCUT2D eigenvalue weighted by molar-refractivity contribution is -0.153. The van der Waals surface area contributed by atoms with Crippen LogP contribution in [0.1, 0.15) is 24.3 Å². The molecule has 0 aliphatic heterocycles. The molecular formula is C20H22O5S. The number of hydrogen-bond acceptors (Lipinski definition) is 5. The zero-order chi connectivity index (χ0) is 18.9. The molecule has 5 nitrogen and oxygen atoms in total. The topological polar surface area (TPSA) is 65.0 Å². The van der Waals surface area contributed by atoms with E-state index in [1.54, 1.807) is 30.6 Å². The minimum absolute atomic E-state index is 0.169. The summed E-state index contributed by atoms with van der Waals surface area (Å²) < 4.78 is 16.5. The number of hydrogen-bond donors (Lipinski definition) is 1. The largest absolute Gasteiger partial charge is 0.493 e. The molecule has 1 unspecified atom stereocenters.